The van der Waals surface area contributed by atoms with Crippen molar-refractivity contribution in [2.45, 2.75) is 45.6 Å². The third-order valence-electron chi connectivity index (χ3n) is 3.87. The molecule has 2 heteroatoms. The molecular weight excluding hydrogens is 222 g/mol. The molecule has 1 N–H and O–H groups in total. The van der Waals surface area contributed by atoms with Crippen LogP contribution >= 0.6 is 0 Å². The highest BCUT2D eigenvalue weighted by molar-refractivity contribution is 5.43. The summed E-state index contributed by atoms with van der Waals surface area (Å²) in [6.45, 7) is 9.17. The van der Waals surface area contributed by atoms with Gasteiger partial charge >= 0.3 is 0 Å². The number of rotatable bonds is 2. The summed E-state index contributed by atoms with van der Waals surface area (Å²) in [5.41, 5.74) is 5.86. The summed E-state index contributed by atoms with van der Waals surface area (Å²) in [5, 5.41) is 9.26. The van der Waals surface area contributed by atoms with Crippen molar-refractivity contribution in [3.8, 4) is 0 Å². The molecule has 0 saturated heterocycles. The maximum absolute atomic E-state index is 9.26. The second kappa shape index (κ2) is 5.02. The minimum atomic E-state index is 0.176. The fourth-order valence-corrected chi connectivity index (χ4v) is 2.71. The van der Waals surface area contributed by atoms with E-state index in [9.17, 15) is 5.11 Å². The Kier molecular flexibility index (Phi) is 3.79. The van der Waals surface area contributed by atoms with Crippen LogP contribution in [0.4, 0.5) is 0 Å². The fraction of sp³-hybridized carbons (Fsp3) is 0.625. The molecule has 0 fully saturated rings. The summed E-state index contributed by atoms with van der Waals surface area (Å²) in [5.74, 6) is 0. The van der Waals surface area contributed by atoms with E-state index in [4.69, 9.17) is 0 Å². The standard InChI is InChI=1S/C16H25NO/c1-16(2,3)14-9-12(6-8-18)15-5-7-17(4)11-13(15)10-14/h9-10,18H,5-8,11H2,1-4H3. The zero-order valence-electron chi connectivity index (χ0n) is 12.1. The second-order valence-electron chi connectivity index (χ2n) is 6.48. The average molecular weight is 247 g/mol. The van der Waals surface area contributed by atoms with Crippen molar-refractivity contribution in [3.05, 3.63) is 34.4 Å². The molecule has 0 atom stereocenters. The summed E-state index contributed by atoms with van der Waals surface area (Å²) in [4.78, 5) is 2.37. The van der Waals surface area contributed by atoms with Crippen LogP contribution in [0, 0.1) is 0 Å². The molecule has 0 unspecified atom stereocenters. The van der Waals surface area contributed by atoms with Gasteiger partial charge in [0.05, 0.1) is 0 Å². The van der Waals surface area contributed by atoms with Gasteiger partial charge in [-0.15, -0.1) is 0 Å². The molecule has 1 heterocycles. The number of hydrogen-bond donors (Lipinski definition) is 1. The predicted octanol–water partition coefficient (Wildman–Crippen LogP) is 2.51. The van der Waals surface area contributed by atoms with Crippen LogP contribution in [0.5, 0.6) is 0 Å². The van der Waals surface area contributed by atoms with Gasteiger partial charge in [-0.3, -0.25) is 0 Å². The van der Waals surface area contributed by atoms with Crippen molar-refractivity contribution in [2.24, 2.45) is 0 Å². The molecule has 0 radical (unpaired) electrons. The third kappa shape index (κ3) is 2.76. The topological polar surface area (TPSA) is 23.5 Å². The molecule has 0 saturated carbocycles. The molecule has 1 aliphatic heterocycles. The summed E-state index contributed by atoms with van der Waals surface area (Å²) in [6.07, 6.45) is 1.90. The highest BCUT2D eigenvalue weighted by Gasteiger charge is 2.21. The largest absolute Gasteiger partial charge is 0.396 e. The van der Waals surface area contributed by atoms with Gasteiger partial charge in [0.1, 0.15) is 0 Å². The monoisotopic (exact) mass is 247 g/mol. The van der Waals surface area contributed by atoms with Crippen molar-refractivity contribution in [3.63, 3.8) is 0 Å². The summed E-state index contributed by atoms with van der Waals surface area (Å²) in [7, 11) is 2.18. The van der Waals surface area contributed by atoms with E-state index >= 15 is 0 Å². The van der Waals surface area contributed by atoms with Gasteiger partial charge in [-0.1, -0.05) is 32.9 Å². The van der Waals surface area contributed by atoms with E-state index in [0.717, 1.165) is 25.9 Å². The van der Waals surface area contributed by atoms with E-state index in [1.54, 1.807) is 0 Å². The molecule has 0 amide bonds. The predicted molar refractivity (Wildman–Crippen MR) is 76.0 cm³/mol. The quantitative estimate of drug-likeness (QED) is 0.868. The van der Waals surface area contributed by atoms with Crippen molar-refractivity contribution >= 4 is 0 Å². The van der Waals surface area contributed by atoms with Crippen molar-refractivity contribution in [1.82, 2.24) is 4.90 Å². The minimum absolute atomic E-state index is 0.176. The first-order valence-corrected chi connectivity index (χ1v) is 6.86. The van der Waals surface area contributed by atoms with Crippen LogP contribution in [0.1, 0.15) is 43.0 Å². The van der Waals surface area contributed by atoms with Gasteiger partial charge in [0, 0.05) is 19.7 Å². The Labute approximate surface area is 111 Å². The van der Waals surface area contributed by atoms with E-state index in [1.807, 2.05) is 0 Å². The Balaban J connectivity index is 2.48. The van der Waals surface area contributed by atoms with Gasteiger partial charge in [-0.2, -0.15) is 0 Å². The van der Waals surface area contributed by atoms with Gasteiger partial charge in [0.15, 0.2) is 0 Å². The highest BCUT2D eigenvalue weighted by Crippen LogP contribution is 2.30. The first kappa shape index (κ1) is 13.6. The van der Waals surface area contributed by atoms with Crippen LogP contribution in [0.25, 0.3) is 0 Å². The molecule has 1 aliphatic rings. The van der Waals surface area contributed by atoms with Gasteiger partial charge in [-0.05, 0) is 47.6 Å². The number of aliphatic hydroxyl groups is 1. The molecule has 1 aromatic carbocycles. The smallest absolute Gasteiger partial charge is 0.0471 e. The Morgan fingerprint density at radius 3 is 2.61 bits per heavy atom. The highest BCUT2D eigenvalue weighted by atomic mass is 16.2. The van der Waals surface area contributed by atoms with Crippen LogP contribution in [0.15, 0.2) is 12.1 Å². The normalized spacial score (nSPS) is 16.7. The SMILES string of the molecule is CN1CCc2c(CCO)cc(C(C)(C)C)cc2C1. The van der Waals surface area contributed by atoms with Crippen LogP contribution in [0.2, 0.25) is 0 Å². The van der Waals surface area contributed by atoms with E-state index < -0.39 is 0 Å². The van der Waals surface area contributed by atoms with Gasteiger partial charge in [0.25, 0.3) is 0 Å². The van der Waals surface area contributed by atoms with Crippen molar-refractivity contribution in [2.75, 3.05) is 20.2 Å². The maximum atomic E-state index is 9.26. The molecule has 0 bridgehead atoms. The maximum Gasteiger partial charge on any atom is 0.0471 e. The average Bonchev–Trinajstić information content (AvgIpc) is 2.27. The number of benzene rings is 1. The summed E-state index contributed by atoms with van der Waals surface area (Å²) in [6, 6.07) is 4.67. The molecule has 0 aliphatic carbocycles. The minimum Gasteiger partial charge on any atom is -0.396 e. The van der Waals surface area contributed by atoms with E-state index in [2.05, 4.69) is 44.9 Å². The van der Waals surface area contributed by atoms with Crippen LogP contribution in [-0.4, -0.2) is 30.2 Å². The molecule has 18 heavy (non-hydrogen) atoms. The van der Waals surface area contributed by atoms with E-state index in [0.29, 0.717) is 0 Å². The Hall–Kier alpha value is -0.860. The van der Waals surface area contributed by atoms with Crippen LogP contribution in [-0.2, 0) is 24.8 Å². The zero-order valence-corrected chi connectivity index (χ0v) is 12.1. The van der Waals surface area contributed by atoms with E-state index in [-0.39, 0.29) is 12.0 Å². The molecule has 100 valence electrons. The molecule has 2 nitrogen and oxygen atoms in total. The Morgan fingerprint density at radius 1 is 1.28 bits per heavy atom. The van der Waals surface area contributed by atoms with E-state index in [1.165, 1.54) is 22.3 Å². The zero-order chi connectivity index (χ0) is 13.3. The number of hydrogen-bond acceptors (Lipinski definition) is 2. The van der Waals surface area contributed by atoms with Crippen LogP contribution in [0.3, 0.4) is 0 Å². The molecule has 0 spiro atoms. The number of nitrogens with zero attached hydrogens (tertiary/aromatic N) is 1. The first-order valence-electron chi connectivity index (χ1n) is 6.86. The summed E-state index contributed by atoms with van der Waals surface area (Å²) >= 11 is 0. The molecule has 2 rings (SSSR count). The Morgan fingerprint density at radius 2 is 2.00 bits per heavy atom. The summed E-state index contributed by atoms with van der Waals surface area (Å²) < 4.78 is 0. The number of fused-ring (bicyclic) bond motifs is 1. The van der Waals surface area contributed by atoms with Gasteiger partial charge in [0.2, 0.25) is 0 Å². The van der Waals surface area contributed by atoms with Crippen molar-refractivity contribution in [1.29, 1.82) is 0 Å². The molecule has 1 aromatic rings. The lowest BCUT2D eigenvalue weighted by molar-refractivity contribution is 0.295. The van der Waals surface area contributed by atoms with Gasteiger partial charge in [-0.25, -0.2) is 0 Å². The third-order valence-corrected chi connectivity index (χ3v) is 3.87. The van der Waals surface area contributed by atoms with Crippen molar-refractivity contribution < 1.29 is 5.11 Å². The first-order chi connectivity index (χ1) is 8.41. The lowest BCUT2D eigenvalue weighted by Gasteiger charge is -2.30. The Bertz CT molecular complexity index is 414. The lowest BCUT2D eigenvalue weighted by atomic mass is 9.81. The number of likely N-dealkylation sites (N-methyl/N-ethyl adjacent to an activating group) is 1. The molecular formula is C16H25NO. The molecule has 0 aromatic heterocycles. The van der Waals surface area contributed by atoms with Gasteiger partial charge < -0.3 is 10.0 Å². The fourth-order valence-electron chi connectivity index (χ4n) is 2.71. The second-order valence-corrected chi connectivity index (χ2v) is 6.48. The number of aliphatic hydroxyl groups excluding tert-OH is 1. The van der Waals surface area contributed by atoms with Crippen LogP contribution < -0.4 is 0 Å². The lowest BCUT2D eigenvalue weighted by Crippen LogP contribution is -2.28.